The van der Waals surface area contributed by atoms with Crippen LogP contribution in [0.5, 0.6) is 0 Å². The number of furan rings is 1. The second kappa shape index (κ2) is 13.9. The van der Waals surface area contributed by atoms with Gasteiger partial charge < -0.3 is 9.32 Å². The van der Waals surface area contributed by atoms with Gasteiger partial charge in [0.2, 0.25) is 0 Å². The van der Waals surface area contributed by atoms with Crippen LogP contribution in [0.4, 0.5) is 17.1 Å². The molecule has 10 aromatic carbocycles. The van der Waals surface area contributed by atoms with Gasteiger partial charge in [-0.3, -0.25) is 0 Å². The smallest absolute Gasteiger partial charge is 0.143 e. The number of para-hydroxylation sites is 1. The Kier molecular flexibility index (Phi) is 7.85. The first-order valence-corrected chi connectivity index (χ1v) is 21.7. The predicted octanol–water partition coefficient (Wildman–Crippen LogP) is 16.4. The Morgan fingerprint density at radius 1 is 0.302 bits per heavy atom. The van der Waals surface area contributed by atoms with Crippen LogP contribution in [0.1, 0.15) is 22.3 Å². The lowest BCUT2D eigenvalue weighted by molar-refractivity contribution is 0.669. The van der Waals surface area contributed by atoms with E-state index in [9.17, 15) is 0 Å². The molecule has 1 atom stereocenters. The molecule has 0 bridgehead atoms. The van der Waals surface area contributed by atoms with Crippen molar-refractivity contribution in [3.8, 4) is 55.6 Å². The van der Waals surface area contributed by atoms with Gasteiger partial charge >= 0.3 is 0 Å². The lowest BCUT2D eigenvalue weighted by atomic mass is 9.70. The molecule has 63 heavy (non-hydrogen) atoms. The molecular weight excluding hydrogens is 763 g/mol. The Morgan fingerprint density at radius 3 is 1.37 bits per heavy atom. The van der Waals surface area contributed by atoms with E-state index >= 15 is 0 Å². The van der Waals surface area contributed by atoms with Crippen LogP contribution in [-0.4, -0.2) is 0 Å². The zero-order valence-electron chi connectivity index (χ0n) is 34.4. The molecule has 1 aromatic heterocycles. The van der Waals surface area contributed by atoms with Crippen LogP contribution in [0.15, 0.2) is 241 Å². The standard InChI is InChI=1S/C61H39NO/c1-3-13-40(14-4-1)42-23-30-46(31-24-42)62(47-32-25-43(26-33-47)41-15-5-2-6-16-41)48-34-27-44(28-35-48)45-29-37-56-53(39-45)49-17-7-10-20-54(49)61(56)55-21-11-8-19-52(55)59-57(61)38-36-51-50-18-9-12-22-58(50)63-60(51)59/h1-39H. The van der Waals surface area contributed by atoms with E-state index in [1.165, 1.54) is 77.9 Å². The maximum Gasteiger partial charge on any atom is 0.143 e. The second-order valence-electron chi connectivity index (χ2n) is 16.8. The fraction of sp³-hybridized carbons (Fsp3) is 0.0164. The molecule has 11 aromatic rings. The van der Waals surface area contributed by atoms with Crippen molar-refractivity contribution < 1.29 is 4.42 Å². The first-order chi connectivity index (χ1) is 31.2. The van der Waals surface area contributed by atoms with Crippen molar-refractivity contribution in [3.05, 3.63) is 259 Å². The zero-order chi connectivity index (χ0) is 41.5. The molecule has 0 fully saturated rings. The summed E-state index contributed by atoms with van der Waals surface area (Å²) in [5.41, 5.74) is 22.1. The summed E-state index contributed by atoms with van der Waals surface area (Å²) in [7, 11) is 0. The van der Waals surface area contributed by atoms with Crippen LogP contribution < -0.4 is 4.90 Å². The predicted molar refractivity (Wildman–Crippen MR) is 261 cm³/mol. The van der Waals surface area contributed by atoms with Gasteiger partial charge in [0.05, 0.1) is 5.41 Å². The third-order valence-electron chi connectivity index (χ3n) is 13.5. The summed E-state index contributed by atoms with van der Waals surface area (Å²) in [5.74, 6) is 0. The SMILES string of the molecule is c1ccc(-c2ccc(N(c3ccc(-c4ccccc4)cc3)c3ccc(-c4ccc5c(c4)-c4ccccc4C54c5ccccc5-c5c4ccc4c5oc5ccccc54)cc3)cc2)cc1. The number of nitrogens with zero attached hydrogens (tertiary/aromatic N) is 1. The molecule has 2 aliphatic rings. The highest BCUT2D eigenvalue weighted by molar-refractivity contribution is 6.13. The Labute approximate surface area is 366 Å². The van der Waals surface area contributed by atoms with Crippen LogP contribution in [0.2, 0.25) is 0 Å². The molecule has 2 nitrogen and oxygen atoms in total. The number of anilines is 3. The molecule has 1 spiro atoms. The van der Waals surface area contributed by atoms with E-state index in [1.807, 2.05) is 0 Å². The average Bonchev–Trinajstić information content (AvgIpc) is 3.99. The maximum absolute atomic E-state index is 6.73. The molecule has 1 unspecified atom stereocenters. The number of hydrogen-bond acceptors (Lipinski definition) is 2. The van der Waals surface area contributed by atoms with E-state index in [2.05, 4.69) is 241 Å². The highest BCUT2D eigenvalue weighted by Crippen LogP contribution is 2.64. The first kappa shape index (κ1) is 35.5. The highest BCUT2D eigenvalue weighted by atomic mass is 16.3. The fourth-order valence-electron chi connectivity index (χ4n) is 10.7. The summed E-state index contributed by atoms with van der Waals surface area (Å²) in [6, 6.07) is 86.2. The van der Waals surface area contributed by atoms with E-state index < -0.39 is 5.41 Å². The highest BCUT2D eigenvalue weighted by Gasteiger charge is 2.52. The van der Waals surface area contributed by atoms with Gasteiger partial charge in [-0.1, -0.05) is 188 Å². The molecule has 0 radical (unpaired) electrons. The topological polar surface area (TPSA) is 16.4 Å². The summed E-state index contributed by atoms with van der Waals surface area (Å²) < 4.78 is 6.73. The number of rotatable bonds is 6. The van der Waals surface area contributed by atoms with Crippen molar-refractivity contribution in [3.63, 3.8) is 0 Å². The average molecular weight is 802 g/mol. The second-order valence-corrected chi connectivity index (χ2v) is 16.8. The van der Waals surface area contributed by atoms with Crippen LogP contribution in [0.3, 0.4) is 0 Å². The number of benzene rings is 10. The minimum atomic E-state index is -0.458. The Hall–Kier alpha value is -8.20. The monoisotopic (exact) mass is 801 g/mol. The maximum atomic E-state index is 6.73. The number of fused-ring (bicyclic) bond motifs is 14. The normalized spacial score (nSPS) is 14.4. The Bertz CT molecular complexity index is 3450. The van der Waals surface area contributed by atoms with Gasteiger partial charge in [0.25, 0.3) is 0 Å². The Morgan fingerprint density at radius 2 is 0.746 bits per heavy atom. The lowest BCUT2D eigenvalue weighted by Gasteiger charge is -2.30. The van der Waals surface area contributed by atoms with E-state index in [0.29, 0.717) is 0 Å². The summed E-state index contributed by atoms with van der Waals surface area (Å²) in [6.45, 7) is 0. The van der Waals surface area contributed by atoms with Gasteiger partial charge in [0.15, 0.2) is 0 Å². The molecule has 2 aliphatic carbocycles. The Balaban J connectivity index is 0.916. The third kappa shape index (κ3) is 5.32. The first-order valence-electron chi connectivity index (χ1n) is 21.7. The van der Waals surface area contributed by atoms with Crippen molar-refractivity contribution >= 4 is 39.0 Å². The molecular formula is C61H39NO. The molecule has 0 aliphatic heterocycles. The summed E-state index contributed by atoms with van der Waals surface area (Å²) in [6.07, 6.45) is 0. The van der Waals surface area contributed by atoms with Gasteiger partial charge in [-0.15, -0.1) is 0 Å². The lowest BCUT2D eigenvalue weighted by Crippen LogP contribution is -2.25. The minimum Gasteiger partial charge on any atom is -0.455 e. The molecule has 0 saturated heterocycles. The fourth-order valence-corrected chi connectivity index (χ4v) is 10.7. The molecule has 2 heteroatoms. The van der Waals surface area contributed by atoms with Crippen LogP contribution >= 0.6 is 0 Å². The van der Waals surface area contributed by atoms with E-state index in [-0.39, 0.29) is 0 Å². The molecule has 0 saturated carbocycles. The van der Waals surface area contributed by atoms with Gasteiger partial charge in [-0.2, -0.15) is 0 Å². The van der Waals surface area contributed by atoms with Crippen LogP contribution in [-0.2, 0) is 5.41 Å². The molecule has 13 rings (SSSR count). The molecule has 0 N–H and O–H groups in total. The van der Waals surface area contributed by atoms with Crippen molar-refractivity contribution in [1.82, 2.24) is 0 Å². The van der Waals surface area contributed by atoms with Crippen LogP contribution in [0, 0.1) is 0 Å². The van der Waals surface area contributed by atoms with Crippen molar-refractivity contribution in [2.45, 2.75) is 5.41 Å². The van der Waals surface area contributed by atoms with Gasteiger partial charge in [-0.05, 0) is 121 Å². The summed E-state index contributed by atoms with van der Waals surface area (Å²) >= 11 is 0. The van der Waals surface area contributed by atoms with Gasteiger partial charge in [-0.25, -0.2) is 0 Å². The third-order valence-corrected chi connectivity index (χ3v) is 13.5. The molecule has 0 amide bonds. The van der Waals surface area contributed by atoms with Crippen LogP contribution in [0.25, 0.3) is 77.6 Å². The van der Waals surface area contributed by atoms with Gasteiger partial charge in [0.1, 0.15) is 11.2 Å². The minimum absolute atomic E-state index is 0.458. The quantitative estimate of drug-likeness (QED) is 0.167. The molecule has 294 valence electrons. The zero-order valence-corrected chi connectivity index (χ0v) is 34.4. The van der Waals surface area contributed by atoms with Crippen molar-refractivity contribution in [1.29, 1.82) is 0 Å². The number of hydrogen-bond donors (Lipinski definition) is 0. The van der Waals surface area contributed by atoms with E-state index in [4.69, 9.17) is 4.42 Å². The van der Waals surface area contributed by atoms with Crippen molar-refractivity contribution in [2.75, 3.05) is 4.90 Å². The summed E-state index contributed by atoms with van der Waals surface area (Å²) in [5, 5.41) is 2.31. The largest absolute Gasteiger partial charge is 0.455 e. The van der Waals surface area contributed by atoms with E-state index in [0.717, 1.165) is 39.0 Å². The van der Waals surface area contributed by atoms with E-state index in [1.54, 1.807) is 0 Å². The van der Waals surface area contributed by atoms with Crippen molar-refractivity contribution in [2.24, 2.45) is 0 Å². The molecule has 1 heterocycles. The summed E-state index contributed by atoms with van der Waals surface area (Å²) in [4.78, 5) is 2.35. The van der Waals surface area contributed by atoms with Gasteiger partial charge in [0, 0.05) is 33.4 Å².